The Hall–Kier alpha value is -6.36. The van der Waals surface area contributed by atoms with E-state index in [2.05, 4.69) is 126 Å². The van der Waals surface area contributed by atoms with Gasteiger partial charge in [-0.1, -0.05) is 31.2 Å². The molecule has 4 atom stereocenters. The van der Waals surface area contributed by atoms with Crippen LogP contribution in [0.3, 0.4) is 0 Å². The second kappa shape index (κ2) is 14.0. The fourth-order valence-electron chi connectivity index (χ4n) is 8.78. The van der Waals surface area contributed by atoms with Crippen LogP contribution in [0.5, 0.6) is 0 Å². The summed E-state index contributed by atoms with van der Waals surface area (Å²) in [5.74, 6) is 0.528. The summed E-state index contributed by atoms with van der Waals surface area (Å²) in [5, 5.41) is 30.7. The van der Waals surface area contributed by atoms with Crippen molar-refractivity contribution in [3.05, 3.63) is 97.0 Å². The minimum Gasteiger partial charge on any atom is -0.383 e. The molecule has 0 radical (unpaired) electrons. The van der Waals surface area contributed by atoms with Gasteiger partial charge in [0.15, 0.2) is 0 Å². The molecule has 0 fully saturated rings. The minimum absolute atomic E-state index is 0.00536. The Morgan fingerprint density at radius 1 is 0.860 bits per heavy atom. The third-order valence-corrected chi connectivity index (χ3v) is 12.0. The van der Waals surface area contributed by atoms with Crippen LogP contribution < -0.4 is 21.3 Å². The molecule has 2 aliphatic heterocycles. The number of aromatic nitrogens is 6. The molecule has 4 aromatic carbocycles. The normalized spacial score (nSPS) is 18.4. The molecule has 11 nitrogen and oxygen atoms in total. The third kappa shape index (κ3) is 6.60. The van der Waals surface area contributed by atoms with E-state index in [1.807, 2.05) is 53.8 Å². The van der Waals surface area contributed by atoms with Crippen molar-refractivity contribution < 1.29 is 4.79 Å². The lowest BCUT2D eigenvalue weighted by Crippen LogP contribution is -2.29. The Morgan fingerprint density at radius 2 is 1.61 bits per heavy atom. The molecule has 11 heteroatoms. The topological polar surface area (TPSA) is 119 Å². The molecule has 0 saturated heterocycles. The highest BCUT2D eigenvalue weighted by Crippen LogP contribution is 2.45. The number of fused-ring (bicyclic) bond motifs is 4. The number of allylic oxidation sites excluding steroid dienone is 1. The number of anilines is 4. The number of amides is 1. The Kier molecular flexibility index (Phi) is 8.90. The van der Waals surface area contributed by atoms with Gasteiger partial charge in [0.25, 0.3) is 0 Å². The number of aryl methyl sites for hydroxylation is 3. The lowest BCUT2D eigenvalue weighted by molar-refractivity contribution is -0.116. The zero-order valence-electron chi connectivity index (χ0n) is 33.7. The summed E-state index contributed by atoms with van der Waals surface area (Å²) in [6.07, 6.45) is 7.14. The van der Waals surface area contributed by atoms with Crippen LogP contribution in [-0.2, 0) is 25.9 Å². The predicted octanol–water partition coefficient (Wildman–Crippen LogP) is 9.41. The van der Waals surface area contributed by atoms with Gasteiger partial charge in [-0.15, -0.1) is 0 Å². The van der Waals surface area contributed by atoms with Crippen LogP contribution in [0.25, 0.3) is 60.9 Å². The molecule has 57 heavy (non-hydrogen) atoms. The van der Waals surface area contributed by atoms with E-state index in [9.17, 15) is 4.79 Å². The summed E-state index contributed by atoms with van der Waals surface area (Å²) in [7, 11) is 5.89. The predicted molar refractivity (Wildman–Crippen MR) is 234 cm³/mol. The summed E-state index contributed by atoms with van der Waals surface area (Å²) in [5.41, 5.74) is 15.7. The fourth-order valence-corrected chi connectivity index (χ4v) is 8.78. The SMILES string of the molecule is C=C(C)c1cc2c(c(-c3ccc4c(c3)c(-c3cnn(C)c3)nn4C)c1)NC(C)C(CC(C)c1cc3c(c(-c4ccc5c(cnn5C)c4)c1)N[C@H](C)CC(=O)N3)CN2. The molecule has 0 spiro atoms. The van der Waals surface area contributed by atoms with Crippen molar-refractivity contribution in [2.75, 3.05) is 27.8 Å². The lowest BCUT2D eigenvalue weighted by atomic mass is 9.84. The van der Waals surface area contributed by atoms with Crippen molar-refractivity contribution in [2.24, 2.45) is 27.1 Å². The molecule has 3 unspecified atom stereocenters. The van der Waals surface area contributed by atoms with E-state index in [0.717, 1.165) is 102 Å². The molecule has 1 amide bonds. The van der Waals surface area contributed by atoms with Gasteiger partial charge in [-0.3, -0.25) is 18.8 Å². The molecule has 5 heterocycles. The maximum atomic E-state index is 13.0. The lowest BCUT2D eigenvalue weighted by Gasteiger charge is -2.27. The summed E-state index contributed by atoms with van der Waals surface area (Å²) in [6, 6.07) is 22.3. The van der Waals surface area contributed by atoms with E-state index in [1.165, 1.54) is 5.56 Å². The monoisotopic (exact) mass is 758 g/mol. The summed E-state index contributed by atoms with van der Waals surface area (Å²) < 4.78 is 5.65. The Morgan fingerprint density at radius 3 is 2.39 bits per heavy atom. The number of nitrogens with zero attached hydrogens (tertiary/aromatic N) is 6. The quantitative estimate of drug-likeness (QED) is 0.128. The van der Waals surface area contributed by atoms with Gasteiger partial charge >= 0.3 is 0 Å². The van der Waals surface area contributed by atoms with Gasteiger partial charge in [-0.25, -0.2) is 0 Å². The van der Waals surface area contributed by atoms with Crippen LogP contribution in [0.4, 0.5) is 22.7 Å². The maximum Gasteiger partial charge on any atom is 0.226 e. The zero-order valence-corrected chi connectivity index (χ0v) is 33.7. The third-order valence-electron chi connectivity index (χ3n) is 12.0. The number of hydrogen-bond acceptors (Lipinski definition) is 7. The van der Waals surface area contributed by atoms with Gasteiger partial charge in [-0.05, 0) is 110 Å². The van der Waals surface area contributed by atoms with Crippen LogP contribution in [0.1, 0.15) is 57.6 Å². The molecule has 3 aromatic heterocycles. The molecular formula is C46H50N10O. The molecule has 0 saturated carbocycles. The molecular weight excluding hydrogens is 709 g/mol. The number of carbonyl (C=O) groups excluding carboxylic acids is 1. The first-order valence-electron chi connectivity index (χ1n) is 19.9. The van der Waals surface area contributed by atoms with Gasteiger partial charge in [0.1, 0.15) is 5.69 Å². The highest BCUT2D eigenvalue weighted by Gasteiger charge is 2.29. The van der Waals surface area contributed by atoms with Crippen LogP contribution >= 0.6 is 0 Å². The van der Waals surface area contributed by atoms with E-state index in [1.54, 1.807) is 0 Å². The minimum atomic E-state index is 0.00536. The smallest absolute Gasteiger partial charge is 0.226 e. The van der Waals surface area contributed by atoms with Crippen LogP contribution in [-0.4, -0.2) is 53.9 Å². The summed E-state index contributed by atoms with van der Waals surface area (Å²) in [6.45, 7) is 13.9. The summed E-state index contributed by atoms with van der Waals surface area (Å²) >= 11 is 0. The van der Waals surface area contributed by atoms with E-state index >= 15 is 0 Å². The Bertz CT molecular complexity index is 2730. The van der Waals surface area contributed by atoms with E-state index in [-0.39, 0.29) is 23.9 Å². The maximum absolute atomic E-state index is 13.0. The average molecular weight is 759 g/mol. The highest BCUT2D eigenvalue weighted by molar-refractivity contribution is 6.02. The van der Waals surface area contributed by atoms with Crippen LogP contribution in [0.15, 0.2) is 85.8 Å². The molecule has 290 valence electrons. The van der Waals surface area contributed by atoms with Gasteiger partial charge < -0.3 is 21.3 Å². The van der Waals surface area contributed by atoms with Gasteiger partial charge in [-0.2, -0.15) is 15.3 Å². The highest BCUT2D eigenvalue weighted by atomic mass is 16.1. The molecule has 2 aliphatic rings. The molecule has 0 aliphatic carbocycles. The van der Waals surface area contributed by atoms with Crippen molar-refractivity contribution in [2.45, 2.75) is 58.5 Å². The van der Waals surface area contributed by atoms with Gasteiger partial charge in [0.05, 0.1) is 46.2 Å². The number of hydrogen-bond donors (Lipinski definition) is 4. The first-order chi connectivity index (χ1) is 27.4. The van der Waals surface area contributed by atoms with E-state index in [4.69, 9.17) is 5.10 Å². The van der Waals surface area contributed by atoms with Crippen LogP contribution in [0, 0.1) is 5.92 Å². The van der Waals surface area contributed by atoms with Crippen molar-refractivity contribution in [3.8, 4) is 33.5 Å². The largest absolute Gasteiger partial charge is 0.383 e. The van der Waals surface area contributed by atoms with Crippen LogP contribution in [0.2, 0.25) is 0 Å². The van der Waals surface area contributed by atoms with E-state index < -0.39 is 0 Å². The molecule has 0 bridgehead atoms. The Labute approximate surface area is 333 Å². The standard InChI is InChI=1S/C46H50N10O/c1-25(2)31-17-36(30-10-12-42-38(16-30)44(53-56(42)8)35-23-48-54(6)24-35)45-39(19-31)47-21-33(28(5)51-45)13-26(3)32-18-37(29-9-11-41-34(15-29)22-49-55(41)7)46-40(20-32)52-43(57)14-27(4)50-46/h9-12,15-20,22-24,26-28,33,47,50-51H,1,13-14,21H2,2-8H3,(H,52,57)/t26?,27-,28?,33?/m1/s1. The van der Waals surface area contributed by atoms with Gasteiger partial charge in [0, 0.05) is 79.9 Å². The van der Waals surface area contributed by atoms with Crippen molar-refractivity contribution in [1.29, 1.82) is 0 Å². The van der Waals surface area contributed by atoms with Crippen molar-refractivity contribution in [3.63, 3.8) is 0 Å². The van der Waals surface area contributed by atoms with Crippen molar-refractivity contribution >= 4 is 56.0 Å². The molecule has 4 N–H and O–H groups in total. The molecule has 9 rings (SSSR count). The summed E-state index contributed by atoms with van der Waals surface area (Å²) in [4.78, 5) is 13.0. The van der Waals surface area contributed by atoms with Crippen molar-refractivity contribution in [1.82, 2.24) is 29.3 Å². The second-order valence-electron chi connectivity index (χ2n) is 16.4. The average Bonchev–Trinajstić information content (AvgIpc) is 3.82. The first-order valence-corrected chi connectivity index (χ1v) is 19.9. The number of benzene rings is 4. The number of carbonyl (C=O) groups is 1. The zero-order chi connectivity index (χ0) is 39.7. The second-order valence-corrected chi connectivity index (χ2v) is 16.4. The van der Waals surface area contributed by atoms with E-state index in [0.29, 0.717) is 12.3 Å². The molecule has 7 aromatic rings. The number of rotatable bonds is 7. The number of nitrogens with one attached hydrogen (secondary N) is 4. The fraction of sp³-hybridized carbons (Fsp3) is 0.304. The van der Waals surface area contributed by atoms with Gasteiger partial charge in [0.2, 0.25) is 5.91 Å². The Balaban J connectivity index is 1.05. The first kappa shape index (κ1) is 36.3.